The van der Waals surface area contributed by atoms with E-state index in [0.29, 0.717) is 6.42 Å². The van der Waals surface area contributed by atoms with Crippen molar-refractivity contribution in [3.63, 3.8) is 0 Å². The minimum atomic E-state index is 0.172. The van der Waals surface area contributed by atoms with E-state index in [-0.39, 0.29) is 5.78 Å². The SMILES string of the molecule is O=C(Cc1ccc2ccccc2c1)c1ccccc1I. The van der Waals surface area contributed by atoms with Crippen molar-refractivity contribution in [3.05, 3.63) is 81.4 Å². The van der Waals surface area contributed by atoms with Crippen LogP contribution in [-0.4, -0.2) is 5.78 Å². The first-order valence-corrected chi connectivity index (χ1v) is 7.57. The number of halogens is 1. The molecule has 0 heterocycles. The van der Waals surface area contributed by atoms with Crippen molar-refractivity contribution in [2.24, 2.45) is 0 Å². The van der Waals surface area contributed by atoms with Gasteiger partial charge in [0, 0.05) is 15.6 Å². The van der Waals surface area contributed by atoms with Gasteiger partial charge in [-0.05, 0) is 45.0 Å². The summed E-state index contributed by atoms with van der Waals surface area (Å²) >= 11 is 2.21. The van der Waals surface area contributed by atoms with Gasteiger partial charge in [0.1, 0.15) is 0 Å². The van der Waals surface area contributed by atoms with Gasteiger partial charge in [0.15, 0.2) is 5.78 Å². The third-order valence-corrected chi connectivity index (χ3v) is 4.29. The van der Waals surface area contributed by atoms with Gasteiger partial charge in [-0.1, -0.05) is 60.7 Å². The molecule has 0 saturated heterocycles. The molecule has 0 fully saturated rings. The average molecular weight is 372 g/mol. The second-order valence-electron chi connectivity index (χ2n) is 4.76. The van der Waals surface area contributed by atoms with Crippen molar-refractivity contribution in [2.75, 3.05) is 0 Å². The molecule has 2 heteroatoms. The maximum atomic E-state index is 12.4. The topological polar surface area (TPSA) is 17.1 Å². The number of hydrogen-bond acceptors (Lipinski definition) is 1. The van der Waals surface area contributed by atoms with Crippen molar-refractivity contribution in [1.82, 2.24) is 0 Å². The van der Waals surface area contributed by atoms with Gasteiger partial charge in [-0.3, -0.25) is 4.79 Å². The summed E-state index contributed by atoms with van der Waals surface area (Å²) in [5.41, 5.74) is 1.87. The Morgan fingerprint density at radius 1 is 0.850 bits per heavy atom. The van der Waals surface area contributed by atoms with Gasteiger partial charge in [0.25, 0.3) is 0 Å². The molecule has 0 N–H and O–H groups in total. The number of ketones is 1. The molecule has 0 radical (unpaired) electrons. The Bertz CT molecular complexity index is 777. The number of rotatable bonds is 3. The van der Waals surface area contributed by atoms with Gasteiger partial charge >= 0.3 is 0 Å². The molecule has 1 nitrogen and oxygen atoms in total. The molecule has 3 aromatic rings. The van der Waals surface area contributed by atoms with Crippen LogP contribution >= 0.6 is 22.6 Å². The first-order valence-electron chi connectivity index (χ1n) is 6.49. The fraction of sp³-hybridized carbons (Fsp3) is 0.0556. The second-order valence-corrected chi connectivity index (χ2v) is 5.92. The van der Waals surface area contributed by atoms with E-state index in [1.165, 1.54) is 10.8 Å². The number of benzene rings is 3. The first kappa shape index (κ1) is 13.3. The molecular formula is C18H13IO. The van der Waals surface area contributed by atoms with Gasteiger partial charge in [-0.15, -0.1) is 0 Å². The highest BCUT2D eigenvalue weighted by Crippen LogP contribution is 2.18. The average Bonchev–Trinajstić information content (AvgIpc) is 2.47. The Morgan fingerprint density at radius 3 is 2.35 bits per heavy atom. The Labute approximate surface area is 131 Å². The fourth-order valence-electron chi connectivity index (χ4n) is 2.32. The summed E-state index contributed by atoms with van der Waals surface area (Å²) in [6.07, 6.45) is 0.449. The lowest BCUT2D eigenvalue weighted by molar-refractivity contribution is 0.0992. The van der Waals surface area contributed by atoms with E-state index in [1.807, 2.05) is 42.5 Å². The molecule has 0 aromatic heterocycles. The van der Waals surface area contributed by atoms with Gasteiger partial charge in [-0.2, -0.15) is 0 Å². The molecule has 3 aromatic carbocycles. The van der Waals surface area contributed by atoms with E-state index in [4.69, 9.17) is 0 Å². The summed E-state index contributed by atoms with van der Waals surface area (Å²) in [5, 5.41) is 2.39. The lowest BCUT2D eigenvalue weighted by Crippen LogP contribution is -2.05. The van der Waals surface area contributed by atoms with Crippen LogP contribution in [0.25, 0.3) is 10.8 Å². The zero-order valence-corrected chi connectivity index (χ0v) is 13.0. The van der Waals surface area contributed by atoms with Crippen LogP contribution in [0.5, 0.6) is 0 Å². The summed E-state index contributed by atoms with van der Waals surface area (Å²) in [4.78, 5) is 12.4. The van der Waals surface area contributed by atoms with Gasteiger partial charge in [0.05, 0.1) is 0 Å². The molecule has 0 bridgehead atoms. The zero-order chi connectivity index (χ0) is 13.9. The van der Waals surface area contributed by atoms with Crippen molar-refractivity contribution >= 4 is 39.1 Å². The van der Waals surface area contributed by atoms with Crippen LogP contribution in [0.2, 0.25) is 0 Å². The maximum Gasteiger partial charge on any atom is 0.168 e. The minimum absolute atomic E-state index is 0.172. The standard InChI is InChI=1S/C18H13IO/c19-17-8-4-3-7-16(17)18(20)12-13-9-10-14-5-1-2-6-15(14)11-13/h1-11H,12H2. The first-order chi connectivity index (χ1) is 9.74. The number of hydrogen-bond donors (Lipinski definition) is 0. The number of carbonyl (C=O) groups is 1. The highest BCUT2D eigenvalue weighted by molar-refractivity contribution is 14.1. The van der Waals surface area contributed by atoms with E-state index in [9.17, 15) is 4.79 Å². The Balaban J connectivity index is 1.89. The summed E-state index contributed by atoms with van der Waals surface area (Å²) in [6.45, 7) is 0. The number of fused-ring (bicyclic) bond motifs is 1. The predicted molar refractivity (Wildman–Crippen MR) is 91.1 cm³/mol. The fourth-order valence-corrected chi connectivity index (χ4v) is 3.00. The van der Waals surface area contributed by atoms with E-state index >= 15 is 0 Å². The van der Waals surface area contributed by atoms with Gasteiger partial charge in [0.2, 0.25) is 0 Å². The highest BCUT2D eigenvalue weighted by Gasteiger charge is 2.10. The lowest BCUT2D eigenvalue weighted by Gasteiger charge is -2.05. The van der Waals surface area contributed by atoms with Gasteiger partial charge in [-0.25, -0.2) is 0 Å². The van der Waals surface area contributed by atoms with Crippen LogP contribution in [0.15, 0.2) is 66.7 Å². The molecule has 0 aliphatic rings. The number of Topliss-reactive ketones (excluding diaryl/α,β-unsaturated/α-hetero) is 1. The van der Waals surface area contributed by atoms with E-state index < -0.39 is 0 Å². The second kappa shape index (κ2) is 5.75. The van der Waals surface area contributed by atoms with Crippen molar-refractivity contribution in [3.8, 4) is 0 Å². The van der Waals surface area contributed by atoms with Crippen molar-refractivity contribution < 1.29 is 4.79 Å². The molecule has 0 spiro atoms. The van der Waals surface area contributed by atoms with Gasteiger partial charge < -0.3 is 0 Å². The largest absolute Gasteiger partial charge is 0.294 e. The third kappa shape index (κ3) is 2.75. The van der Waals surface area contributed by atoms with Crippen LogP contribution in [0.1, 0.15) is 15.9 Å². The van der Waals surface area contributed by atoms with E-state index in [2.05, 4.69) is 46.9 Å². The smallest absolute Gasteiger partial charge is 0.168 e. The molecule has 0 unspecified atom stereocenters. The molecule has 20 heavy (non-hydrogen) atoms. The van der Waals surface area contributed by atoms with Crippen LogP contribution in [-0.2, 0) is 6.42 Å². The Kier molecular flexibility index (Phi) is 3.83. The summed E-state index contributed by atoms with van der Waals surface area (Å²) in [6, 6.07) is 22.2. The maximum absolute atomic E-state index is 12.4. The van der Waals surface area contributed by atoms with E-state index in [0.717, 1.165) is 14.7 Å². The normalized spacial score (nSPS) is 10.7. The molecule has 3 rings (SSSR count). The molecular weight excluding hydrogens is 359 g/mol. The van der Waals surface area contributed by atoms with Crippen molar-refractivity contribution in [1.29, 1.82) is 0 Å². The molecule has 0 aliphatic heterocycles. The van der Waals surface area contributed by atoms with E-state index in [1.54, 1.807) is 0 Å². The minimum Gasteiger partial charge on any atom is -0.294 e. The summed E-state index contributed by atoms with van der Waals surface area (Å²) in [7, 11) is 0. The molecule has 98 valence electrons. The monoisotopic (exact) mass is 372 g/mol. The Morgan fingerprint density at radius 2 is 1.55 bits per heavy atom. The number of carbonyl (C=O) groups excluding carboxylic acids is 1. The van der Waals surface area contributed by atoms with Crippen LogP contribution in [0.3, 0.4) is 0 Å². The quantitative estimate of drug-likeness (QED) is 0.474. The Hall–Kier alpha value is -1.68. The third-order valence-electron chi connectivity index (χ3n) is 3.35. The van der Waals surface area contributed by atoms with Crippen LogP contribution < -0.4 is 0 Å². The summed E-state index contributed by atoms with van der Waals surface area (Å²) in [5.74, 6) is 0.172. The summed E-state index contributed by atoms with van der Waals surface area (Å²) < 4.78 is 1.01. The lowest BCUT2D eigenvalue weighted by atomic mass is 10.0. The van der Waals surface area contributed by atoms with Crippen LogP contribution in [0, 0.1) is 3.57 Å². The molecule has 0 saturated carbocycles. The molecule has 0 atom stereocenters. The molecule has 0 amide bonds. The van der Waals surface area contributed by atoms with Crippen LogP contribution in [0.4, 0.5) is 0 Å². The molecule has 0 aliphatic carbocycles. The highest BCUT2D eigenvalue weighted by atomic mass is 127. The van der Waals surface area contributed by atoms with Crippen molar-refractivity contribution in [2.45, 2.75) is 6.42 Å². The predicted octanol–water partition coefficient (Wildman–Crippen LogP) is 4.87. The zero-order valence-electron chi connectivity index (χ0n) is 10.8.